The Hall–Kier alpha value is -4.00. The monoisotopic (exact) mass is 415 g/mol. The van der Waals surface area contributed by atoms with Crippen LogP contribution in [0.3, 0.4) is 0 Å². The van der Waals surface area contributed by atoms with Crippen molar-refractivity contribution < 1.29 is 14.3 Å². The Morgan fingerprint density at radius 1 is 1.03 bits per heavy atom. The van der Waals surface area contributed by atoms with E-state index in [9.17, 15) is 14.4 Å². The van der Waals surface area contributed by atoms with Gasteiger partial charge in [0, 0.05) is 12.1 Å². The van der Waals surface area contributed by atoms with E-state index >= 15 is 0 Å². The lowest BCUT2D eigenvalue weighted by atomic mass is 10.1. The first kappa shape index (κ1) is 20.3. The molecule has 2 N–H and O–H groups in total. The summed E-state index contributed by atoms with van der Waals surface area (Å²) in [5, 5.41) is 5.33. The summed E-state index contributed by atoms with van der Waals surface area (Å²) < 4.78 is 5.24. The number of benzene rings is 3. The maximum atomic E-state index is 12.4. The molecule has 0 saturated heterocycles. The average Bonchev–Trinajstić information content (AvgIpc) is 2.77. The van der Waals surface area contributed by atoms with Crippen molar-refractivity contribution in [1.29, 1.82) is 0 Å². The summed E-state index contributed by atoms with van der Waals surface area (Å²) in [4.78, 5) is 43.7. The number of aromatic nitrogens is 2. The molecule has 0 aliphatic heterocycles. The fraction of sp³-hybridized carbons (Fsp3) is 0.167. The number of hydrogen-bond acceptors (Lipinski definition) is 5. The Labute approximate surface area is 178 Å². The third-order valence-corrected chi connectivity index (χ3v) is 4.92. The highest BCUT2D eigenvalue weighted by Crippen LogP contribution is 2.19. The van der Waals surface area contributed by atoms with E-state index in [2.05, 4.69) is 15.3 Å². The highest BCUT2D eigenvalue weighted by molar-refractivity contribution is 5.97. The van der Waals surface area contributed by atoms with E-state index in [1.54, 1.807) is 30.3 Å². The van der Waals surface area contributed by atoms with Crippen LogP contribution in [0.1, 0.15) is 19.2 Å². The van der Waals surface area contributed by atoms with Crippen molar-refractivity contribution in [2.24, 2.45) is 0 Å². The summed E-state index contributed by atoms with van der Waals surface area (Å²) in [5.41, 5.74) is 0.944. The molecule has 0 radical (unpaired) electrons. The van der Waals surface area contributed by atoms with E-state index < -0.39 is 18.0 Å². The third-order valence-electron chi connectivity index (χ3n) is 4.92. The van der Waals surface area contributed by atoms with E-state index in [1.807, 2.05) is 36.4 Å². The van der Waals surface area contributed by atoms with Crippen LogP contribution in [-0.4, -0.2) is 27.9 Å². The fourth-order valence-corrected chi connectivity index (χ4v) is 3.29. The number of carbonyl (C=O) groups excluding carboxylic acids is 2. The van der Waals surface area contributed by atoms with Crippen molar-refractivity contribution in [3.63, 3.8) is 0 Å². The quantitative estimate of drug-likeness (QED) is 0.469. The van der Waals surface area contributed by atoms with Crippen LogP contribution >= 0.6 is 0 Å². The van der Waals surface area contributed by atoms with Gasteiger partial charge in [0.2, 0.25) is 0 Å². The third kappa shape index (κ3) is 4.78. The predicted octanol–water partition coefficient (Wildman–Crippen LogP) is 3.58. The van der Waals surface area contributed by atoms with Crippen molar-refractivity contribution in [1.82, 2.24) is 9.97 Å². The highest BCUT2D eigenvalue weighted by atomic mass is 16.5. The molecule has 0 aliphatic rings. The molecule has 0 spiro atoms. The Balaban J connectivity index is 1.33. The van der Waals surface area contributed by atoms with Gasteiger partial charge in [-0.1, -0.05) is 42.5 Å². The molecule has 4 rings (SSSR count). The Kier molecular flexibility index (Phi) is 5.75. The first-order chi connectivity index (χ1) is 15.0. The zero-order valence-corrected chi connectivity index (χ0v) is 16.9. The van der Waals surface area contributed by atoms with Crippen LogP contribution in [0.25, 0.3) is 21.7 Å². The maximum absolute atomic E-state index is 12.4. The molecule has 0 bridgehead atoms. The molecule has 0 saturated carbocycles. The van der Waals surface area contributed by atoms with Gasteiger partial charge >= 0.3 is 5.97 Å². The molecule has 7 heteroatoms. The zero-order valence-electron chi connectivity index (χ0n) is 16.9. The number of aromatic amines is 1. The van der Waals surface area contributed by atoms with Gasteiger partial charge in [0.25, 0.3) is 11.5 Å². The molecule has 156 valence electrons. The minimum absolute atomic E-state index is 0.00508. The highest BCUT2D eigenvalue weighted by Gasteiger charge is 2.18. The Morgan fingerprint density at radius 2 is 1.77 bits per heavy atom. The summed E-state index contributed by atoms with van der Waals surface area (Å²) in [7, 11) is 0. The number of hydrogen-bond donors (Lipinski definition) is 2. The predicted molar refractivity (Wildman–Crippen MR) is 119 cm³/mol. The lowest BCUT2D eigenvalue weighted by molar-refractivity contribution is -0.153. The van der Waals surface area contributed by atoms with Crippen molar-refractivity contribution in [2.75, 3.05) is 5.32 Å². The number of esters is 1. The van der Waals surface area contributed by atoms with Gasteiger partial charge in [-0.2, -0.15) is 0 Å². The number of anilines is 1. The number of nitrogens with one attached hydrogen (secondary N) is 2. The standard InChI is InChI=1S/C24H21N3O4/c1-15(23(29)25-18-11-10-16-6-2-3-7-17(16)14-18)31-22(28)13-12-21-26-20-9-5-4-8-19(20)24(30)27-21/h2-11,14-15H,12-13H2,1H3,(H,25,29)(H,26,27,30)/t15-/m1/s1. The molecule has 4 aromatic rings. The van der Waals surface area contributed by atoms with Gasteiger partial charge in [0.15, 0.2) is 6.10 Å². The van der Waals surface area contributed by atoms with E-state index in [-0.39, 0.29) is 18.4 Å². The molecule has 1 heterocycles. The van der Waals surface area contributed by atoms with Crippen LogP contribution in [0, 0.1) is 0 Å². The van der Waals surface area contributed by atoms with Crippen molar-refractivity contribution in [3.05, 3.63) is 82.9 Å². The van der Waals surface area contributed by atoms with Crippen LogP contribution in [0.2, 0.25) is 0 Å². The largest absolute Gasteiger partial charge is 0.453 e. The van der Waals surface area contributed by atoms with E-state index in [0.717, 1.165) is 10.8 Å². The maximum Gasteiger partial charge on any atom is 0.307 e. The topological polar surface area (TPSA) is 101 Å². The number of aryl methyl sites for hydroxylation is 1. The summed E-state index contributed by atoms with van der Waals surface area (Å²) >= 11 is 0. The van der Waals surface area contributed by atoms with Gasteiger partial charge in [-0.05, 0) is 42.0 Å². The van der Waals surface area contributed by atoms with Crippen molar-refractivity contribution in [3.8, 4) is 0 Å². The molecule has 0 fully saturated rings. The van der Waals surface area contributed by atoms with Crippen LogP contribution < -0.4 is 10.9 Å². The van der Waals surface area contributed by atoms with Gasteiger partial charge in [-0.25, -0.2) is 4.98 Å². The van der Waals surface area contributed by atoms with Crippen molar-refractivity contribution in [2.45, 2.75) is 25.9 Å². The molecule has 0 unspecified atom stereocenters. The molecular formula is C24H21N3O4. The number of carbonyl (C=O) groups is 2. The second kappa shape index (κ2) is 8.79. The number of rotatable bonds is 6. The summed E-state index contributed by atoms with van der Waals surface area (Å²) in [6, 6.07) is 20.4. The zero-order chi connectivity index (χ0) is 21.8. The molecule has 1 atom stereocenters. The number of amides is 1. The first-order valence-electron chi connectivity index (χ1n) is 9.97. The minimum atomic E-state index is -0.956. The van der Waals surface area contributed by atoms with Crippen LogP contribution in [-0.2, 0) is 20.7 Å². The smallest absolute Gasteiger partial charge is 0.307 e. The van der Waals surface area contributed by atoms with Crippen LogP contribution in [0.15, 0.2) is 71.5 Å². The normalized spacial score (nSPS) is 11.9. The van der Waals surface area contributed by atoms with Gasteiger partial charge in [0.1, 0.15) is 5.82 Å². The minimum Gasteiger partial charge on any atom is -0.453 e. The second-order valence-corrected chi connectivity index (χ2v) is 7.21. The van der Waals surface area contributed by atoms with E-state index in [1.165, 1.54) is 6.92 Å². The van der Waals surface area contributed by atoms with Crippen molar-refractivity contribution >= 4 is 39.2 Å². The number of nitrogens with zero attached hydrogens (tertiary/aromatic N) is 1. The van der Waals surface area contributed by atoms with E-state index in [4.69, 9.17) is 4.74 Å². The summed E-state index contributed by atoms with van der Waals surface area (Å²) in [5.74, 6) is -0.563. The lowest BCUT2D eigenvalue weighted by Gasteiger charge is -2.14. The van der Waals surface area contributed by atoms with Crippen LogP contribution in [0.5, 0.6) is 0 Å². The number of ether oxygens (including phenoxy) is 1. The lowest BCUT2D eigenvalue weighted by Crippen LogP contribution is -2.30. The SMILES string of the molecule is C[C@@H](OC(=O)CCc1nc2ccccc2c(=O)[nH]1)C(=O)Nc1ccc2ccccc2c1. The average molecular weight is 415 g/mol. The summed E-state index contributed by atoms with van der Waals surface area (Å²) in [6.07, 6.45) is -0.755. The molecule has 1 amide bonds. The second-order valence-electron chi connectivity index (χ2n) is 7.21. The van der Waals surface area contributed by atoms with E-state index in [0.29, 0.717) is 22.4 Å². The molecular weight excluding hydrogens is 394 g/mol. The van der Waals surface area contributed by atoms with Gasteiger partial charge in [-0.15, -0.1) is 0 Å². The fourth-order valence-electron chi connectivity index (χ4n) is 3.29. The van der Waals surface area contributed by atoms with Gasteiger partial charge < -0.3 is 15.0 Å². The molecule has 3 aromatic carbocycles. The summed E-state index contributed by atoms with van der Waals surface area (Å²) in [6.45, 7) is 1.52. The van der Waals surface area contributed by atoms with Gasteiger partial charge in [-0.3, -0.25) is 14.4 Å². The van der Waals surface area contributed by atoms with Gasteiger partial charge in [0.05, 0.1) is 17.3 Å². The molecule has 7 nitrogen and oxygen atoms in total. The molecule has 31 heavy (non-hydrogen) atoms. The number of para-hydroxylation sites is 1. The molecule has 1 aromatic heterocycles. The number of fused-ring (bicyclic) bond motifs is 2. The van der Waals surface area contributed by atoms with Crippen LogP contribution in [0.4, 0.5) is 5.69 Å². The number of H-pyrrole nitrogens is 1. The first-order valence-corrected chi connectivity index (χ1v) is 9.97. The Morgan fingerprint density at radius 3 is 2.61 bits per heavy atom. The molecule has 0 aliphatic carbocycles. The Bertz CT molecular complexity index is 1330.